The fourth-order valence-electron chi connectivity index (χ4n) is 1.55. The quantitative estimate of drug-likeness (QED) is 0.809. The number of carbonyl (C=O) groups is 1. The van der Waals surface area contributed by atoms with Crippen molar-refractivity contribution in [3.8, 4) is 0 Å². The van der Waals surface area contributed by atoms with Crippen molar-refractivity contribution in [2.45, 2.75) is 6.10 Å². The van der Waals surface area contributed by atoms with Crippen LogP contribution in [-0.4, -0.2) is 31.7 Å². The second-order valence-corrected chi connectivity index (χ2v) is 3.65. The van der Waals surface area contributed by atoms with Gasteiger partial charge in [0, 0.05) is 13.1 Å². The van der Waals surface area contributed by atoms with Crippen molar-refractivity contribution in [3.05, 3.63) is 29.8 Å². The summed E-state index contributed by atoms with van der Waals surface area (Å²) in [5.74, 6) is -2.54. The van der Waals surface area contributed by atoms with Crippen LogP contribution in [0.15, 0.2) is 18.2 Å². The number of anilines is 1. The van der Waals surface area contributed by atoms with E-state index in [9.17, 15) is 13.6 Å². The molecule has 4 nitrogen and oxygen atoms in total. The van der Waals surface area contributed by atoms with Crippen molar-refractivity contribution in [2.75, 3.05) is 25.0 Å². The number of ether oxygens (including phenoxy) is 1. The third-order valence-electron chi connectivity index (χ3n) is 2.43. The minimum absolute atomic E-state index is 0.177. The first-order chi connectivity index (χ1) is 8.18. The first-order valence-electron chi connectivity index (χ1n) is 5.25. The summed E-state index contributed by atoms with van der Waals surface area (Å²) < 4.78 is 31.4. The summed E-state index contributed by atoms with van der Waals surface area (Å²) in [6.45, 7) is 1.46. The first kappa shape index (κ1) is 11.9. The van der Waals surface area contributed by atoms with Crippen LogP contribution >= 0.6 is 0 Å². The van der Waals surface area contributed by atoms with Gasteiger partial charge in [0.05, 0.1) is 12.3 Å². The van der Waals surface area contributed by atoms with Crippen LogP contribution in [0.25, 0.3) is 0 Å². The highest BCUT2D eigenvalue weighted by Gasteiger charge is 2.22. The molecular weight excluding hydrogens is 230 g/mol. The second-order valence-electron chi connectivity index (χ2n) is 3.65. The van der Waals surface area contributed by atoms with Crippen molar-refractivity contribution in [1.29, 1.82) is 0 Å². The zero-order chi connectivity index (χ0) is 12.3. The van der Waals surface area contributed by atoms with Crippen LogP contribution in [0.1, 0.15) is 0 Å². The van der Waals surface area contributed by atoms with Gasteiger partial charge in [-0.1, -0.05) is 6.07 Å². The van der Waals surface area contributed by atoms with Gasteiger partial charge in [0.1, 0.15) is 6.10 Å². The van der Waals surface area contributed by atoms with E-state index < -0.39 is 23.6 Å². The number of morpholine rings is 1. The van der Waals surface area contributed by atoms with E-state index in [0.717, 1.165) is 6.07 Å². The van der Waals surface area contributed by atoms with Gasteiger partial charge < -0.3 is 15.4 Å². The van der Waals surface area contributed by atoms with Gasteiger partial charge in [-0.3, -0.25) is 4.79 Å². The lowest BCUT2D eigenvalue weighted by atomic mass is 10.2. The Balaban J connectivity index is 2.04. The van der Waals surface area contributed by atoms with Gasteiger partial charge in [-0.25, -0.2) is 8.78 Å². The van der Waals surface area contributed by atoms with Crippen LogP contribution < -0.4 is 10.6 Å². The van der Waals surface area contributed by atoms with Crippen LogP contribution in [-0.2, 0) is 9.53 Å². The van der Waals surface area contributed by atoms with Crippen LogP contribution in [0, 0.1) is 11.6 Å². The highest BCUT2D eigenvalue weighted by atomic mass is 19.2. The Morgan fingerprint density at radius 2 is 2.29 bits per heavy atom. The molecule has 1 unspecified atom stereocenters. The molecule has 1 saturated heterocycles. The Morgan fingerprint density at radius 3 is 3.00 bits per heavy atom. The molecule has 2 rings (SSSR count). The van der Waals surface area contributed by atoms with Gasteiger partial charge in [0.25, 0.3) is 5.91 Å². The average Bonchev–Trinajstić information content (AvgIpc) is 2.36. The minimum Gasteiger partial charge on any atom is -0.366 e. The molecule has 0 aromatic heterocycles. The van der Waals surface area contributed by atoms with E-state index >= 15 is 0 Å². The van der Waals surface area contributed by atoms with Gasteiger partial charge in [-0.2, -0.15) is 0 Å². The van der Waals surface area contributed by atoms with E-state index in [4.69, 9.17) is 4.74 Å². The highest BCUT2D eigenvalue weighted by molar-refractivity contribution is 5.94. The standard InChI is InChI=1S/C11H12F2N2O2/c12-7-2-1-3-8(10(7)13)15-11(16)9-6-14-4-5-17-9/h1-3,9,14H,4-6H2,(H,15,16). The van der Waals surface area contributed by atoms with Gasteiger partial charge in [-0.15, -0.1) is 0 Å². The van der Waals surface area contributed by atoms with Crippen LogP contribution in [0.3, 0.4) is 0 Å². The molecule has 17 heavy (non-hydrogen) atoms. The van der Waals surface area contributed by atoms with E-state index in [2.05, 4.69) is 10.6 Å². The molecule has 0 bridgehead atoms. The molecule has 1 aromatic carbocycles. The molecule has 1 amide bonds. The van der Waals surface area contributed by atoms with E-state index in [1.165, 1.54) is 12.1 Å². The van der Waals surface area contributed by atoms with E-state index in [1.807, 2.05) is 0 Å². The van der Waals surface area contributed by atoms with Gasteiger partial charge in [0.2, 0.25) is 0 Å². The number of benzene rings is 1. The number of rotatable bonds is 2. The Hall–Kier alpha value is -1.53. The van der Waals surface area contributed by atoms with Crippen molar-refractivity contribution in [3.63, 3.8) is 0 Å². The summed E-state index contributed by atoms with van der Waals surface area (Å²) in [4.78, 5) is 11.7. The Kier molecular flexibility index (Phi) is 3.65. The second kappa shape index (κ2) is 5.20. The van der Waals surface area contributed by atoms with E-state index in [1.54, 1.807) is 0 Å². The van der Waals surface area contributed by atoms with Crippen molar-refractivity contribution in [1.82, 2.24) is 5.32 Å². The highest BCUT2D eigenvalue weighted by Crippen LogP contribution is 2.17. The molecule has 1 atom stereocenters. The Labute approximate surface area is 97.0 Å². The number of amides is 1. The number of hydrogen-bond acceptors (Lipinski definition) is 3. The topological polar surface area (TPSA) is 50.4 Å². The summed E-state index contributed by atoms with van der Waals surface area (Å²) in [6, 6.07) is 3.62. The summed E-state index contributed by atoms with van der Waals surface area (Å²) in [5, 5.41) is 5.28. The molecule has 0 aliphatic carbocycles. The van der Waals surface area contributed by atoms with Crippen LogP contribution in [0.2, 0.25) is 0 Å². The van der Waals surface area contributed by atoms with Crippen molar-refractivity contribution < 1.29 is 18.3 Å². The number of hydrogen-bond donors (Lipinski definition) is 2. The number of carbonyl (C=O) groups excluding carboxylic acids is 1. The molecule has 0 spiro atoms. The molecule has 1 aliphatic rings. The van der Waals surface area contributed by atoms with Crippen molar-refractivity contribution in [2.24, 2.45) is 0 Å². The van der Waals surface area contributed by atoms with E-state index in [-0.39, 0.29) is 5.69 Å². The summed E-state index contributed by atoms with van der Waals surface area (Å²) >= 11 is 0. The molecule has 0 saturated carbocycles. The molecule has 1 fully saturated rings. The van der Waals surface area contributed by atoms with Crippen LogP contribution in [0.4, 0.5) is 14.5 Å². The largest absolute Gasteiger partial charge is 0.366 e. The molecule has 92 valence electrons. The number of nitrogens with one attached hydrogen (secondary N) is 2. The molecule has 6 heteroatoms. The van der Waals surface area contributed by atoms with Gasteiger partial charge in [0.15, 0.2) is 11.6 Å². The fraction of sp³-hybridized carbons (Fsp3) is 0.364. The lowest BCUT2D eigenvalue weighted by molar-refractivity contribution is -0.128. The molecule has 0 radical (unpaired) electrons. The predicted octanol–water partition coefficient (Wildman–Crippen LogP) is 0.892. The third kappa shape index (κ3) is 2.78. The molecule has 2 N–H and O–H groups in total. The summed E-state index contributed by atoms with van der Waals surface area (Å²) in [6.07, 6.45) is -0.675. The minimum atomic E-state index is -1.07. The molecule has 1 heterocycles. The third-order valence-corrected chi connectivity index (χ3v) is 2.43. The average molecular weight is 242 g/mol. The Bertz CT molecular complexity index is 420. The fourth-order valence-corrected chi connectivity index (χ4v) is 1.55. The first-order valence-corrected chi connectivity index (χ1v) is 5.25. The van der Waals surface area contributed by atoms with Crippen molar-refractivity contribution >= 4 is 11.6 Å². The van der Waals surface area contributed by atoms with Gasteiger partial charge in [-0.05, 0) is 12.1 Å². The normalized spacial score (nSPS) is 20.0. The van der Waals surface area contributed by atoms with Crippen LogP contribution in [0.5, 0.6) is 0 Å². The molecule has 1 aliphatic heterocycles. The summed E-state index contributed by atoms with van der Waals surface area (Å²) in [7, 11) is 0. The zero-order valence-electron chi connectivity index (χ0n) is 9.00. The Morgan fingerprint density at radius 1 is 1.47 bits per heavy atom. The monoisotopic (exact) mass is 242 g/mol. The molecular formula is C11H12F2N2O2. The maximum Gasteiger partial charge on any atom is 0.254 e. The molecule has 1 aromatic rings. The SMILES string of the molecule is O=C(Nc1cccc(F)c1F)C1CNCCO1. The predicted molar refractivity (Wildman–Crippen MR) is 57.6 cm³/mol. The zero-order valence-corrected chi connectivity index (χ0v) is 9.00. The lowest BCUT2D eigenvalue weighted by Gasteiger charge is -2.22. The van der Waals surface area contributed by atoms with Gasteiger partial charge >= 0.3 is 0 Å². The summed E-state index contributed by atoms with van der Waals surface area (Å²) in [5.41, 5.74) is -0.177. The van der Waals surface area contributed by atoms with E-state index in [0.29, 0.717) is 19.7 Å². The maximum atomic E-state index is 13.3. The number of halogens is 2. The maximum absolute atomic E-state index is 13.3. The lowest BCUT2D eigenvalue weighted by Crippen LogP contribution is -2.45. The smallest absolute Gasteiger partial charge is 0.254 e.